The second-order valence-electron chi connectivity index (χ2n) is 14.3. The maximum Gasteiger partial charge on any atom is 0.220 e. The monoisotopic (exact) mass is 687 g/mol. The summed E-state index contributed by atoms with van der Waals surface area (Å²) in [6.07, 6.45) is 8.96. The molecule has 2 N–H and O–H groups in total. The fourth-order valence-electron chi connectivity index (χ4n) is 7.74. The number of carbonyl (C=O) groups excluding carboxylic acids is 1. The highest BCUT2D eigenvalue weighted by Crippen LogP contribution is 2.43. The minimum Gasteiger partial charge on any atom is -0.493 e. The highest BCUT2D eigenvalue weighted by molar-refractivity contribution is 6.32. The van der Waals surface area contributed by atoms with E-state index in [2.05, 4.69) is 106 Å². The Bertz CT molecular complexity index is 1550. The number of carbonyl (C=O) groups is 1. The molecule has 2 saturated heterocycles. The average molecular weight is 688 g/mol. The number of hydrogen-bond acceptors (Lipinski definition) is 5. The molecule has 0 aromatic heterocycles. The third-order valence-electron chi connectivity index (χ3n) is 10.3. The van der Waals surface area contributed by atoms with Gasteiger partial charge in [-0.1, -0.05) is 75.5 Å². The smallest absolute Gasteiger partial charge is 0.220 e. The van der Waals surface area contributed by atoms with Crippen LogP contribution in [0.5, 0.6) is 11.5 Å². The zero-order chi connectivity index (χ0) is 34.9. The summed E-state index contributed by atoms with van der Waals surface area (Å²) < 4.78 is 13.0. The first-order chi connectivity index (χ1) is 23.7. The van der Waals surface area contributed by atoms with Crippen molar-refractivity contribution in [3.05, 3.63) is 81.4 Å². The van der Waals surface area contributed by atoms with Gasteiger partial charge in [-0.2, -0.15) is 0 Å². The minimum absolute atomic E-state index is 0.0390. The molecule has 1 aliphatic carbocycles. The van der Waals surface area contributed by atoms with Crippen LogP contribution in [-0.4, -0.2) is 48.6 Å². The first-order valence-electron chi connectivity index (χ1n) is 18.8. The molecule has 3 aliphatic rings. The quantitative estimate of drug-likeness (QED) is 0.165. The van der Waals surface area contributed by atoms with Crippen LogP contribution in [0.4, 0.5) is 0 Å². The van der Waals surface area contributed by atoms with E-state index < -0.39 is 0 Å². The largest absolute Gasteiger partial charge is 0.493 e. The van der Waals surface area contributed by atoms with Gasteiger partial charge in [0.15, 0.2) is 0 Å². The molecular formula is C42H58ClN3O3. The molecule has 6 rings (SSSR count). The molecule has 7 heteroatoms. The van der Waals surface area contributed by atoms with E-state index in [1.165, 1.54) is 51.8 Å². The van der Waals surface area contributed by atoms with Gasteiger partial charge in [-0.15, -0.1) is 0 Å². The Labute approximate surface area is 300 Å². The summed E-state index contributed by atoms with van der Waals surface area (Å²) >= 11 is 6.87. The molecule has 6 nitrogen and oxygen atoms in total. The third-order valence-corrected chi connectivity index (χ3v) is 10.6. The van der Waals surface area contributed by atoms with E-state index in [9.17, 15) is 4.79 Å². The number of rotatable bonds is 14. The van der Waals surface area contributed by atoms with Gasteiger partial charge in [0, 0.05) is 44.2 Å². The number of aryl methyl sites for hydroxylation is 1. The van der Waals surface area contributed by atoms with Gasteiger partial charge >= 0.3 is 0 Å². The van der Waals surface area contributed by atoms with Crippen LogP contribution >= 0.6 is 11.6 Å². The van der Waals surface area contributed by atoms with Crippen molar-refractivity contribution in [1.29, 1.82) is 0 Å². The predicted octanol–water partition coefficient (Wildman–Crippen LogP) is 9.37. The zero-order valence-corrected chi connectivity index (χ0v) is 31.4. The van der Waals surface area contributed by atoms with Crippen molar-refractivity contribution >= 4 is 17.5 Å². The lowest BCUT2D eigenvalue weighted by molar-refractivity contribution is -0.119. The van der Waals surface area contributed by atoms with E-state index >= 15 is 0 Å². The summed E-state index contributed by atoms with van der Waals surface area (Å²) in [6.45, 7) is 16.6. The lowest BCUT2D eigenvalue weighted by Crippen LogP contribution is -2.53. The molecule has 0 bridgehead atoms. The second-order valence-corrected chi connectivity index (χ2v) is 14.7. The van der Waals surface area contributed by atoms with Crippen LogP contribution in [0.3, 0.4) is 0 Å². The van der Waals surface area contributed by atoms with Crippen LogP contribution in [-0.2, 0) is 24.2 Å². The van der Waals surface area contributed by atoms with Crippen molar-refractivity contribution in [2.24, 2.45) is 0 Å². The number of likely N-dealkylation sites (tertiary alicyclic amines) is 1. The molecule has 49 heavy (non-hydrogen) atoms. The summed E-state index contributed by atoms with van der Waals surface area (Å²) in [4.78, 5) is 14.1. The summed E-state index contributed by atoms with van der Waals surface area (Å²) in [5.74, 6) is 1.88. The number of halogens is 1. The number of benzene rings is 3. The molecule has 4 atom stereocenters. The van der Waals surface area contributed by atoms with Gasteiger partial charge in [0.25, 0.3) is 0 Å². The van der Waals surface area contributed by atoms with Crippen molar-refractivity contribution in [3.8, 4) is 22.6 Å². The molecule has 2 fully saturated rings. The SMILES string of the molecule is CCC.CCCc1cc(O[C@H]2CCc3c(-c4cccc(OCCCN5C(C)CC5C)c4C)cccc32)c(Cl)cc1CNCC1CCC(=O)N1. The highest BCUT2D eigenvalue weighted by atomic mass is 35.5. The van der Waals surface area contributed by atoms with Gasteiger partial charge in [0.1, 0.15) is 17.6 Å². The number of hydrogen-bond donors (Lipinski definition) is 2. The molecule has 3 aromatic rings. The Kier molecular flexibility index (Phi) is 13.5. The fourth-order valence-corrected chi connectivity index (χ4v) is 7.97. The zero-order valence-electron chi connectivity index (χ0n) is 30.7. The Hall–Kier alpha value is -3.06. The molecule has 1 amide bonds. The minimum atomic E-state index is -0.0390. The molecule has 0 radical (unpaired) electrons. The van der Waals surface area contributed by atoms with Crippen molar-refractivity contribution < 1.29 is 14.3 Å². The summed E-state index contributed by atoms with van der Waals surface area (Å²) in [7, 11) is 0. The van der Waals surface area contributed by atoms with Gasteiger partial charge in [0.05, 0.1) is 11.6 Å². The number of amides is 1. The van der Waals surface area contributed by atoms with E-state index in [0.29, 0.717) is 23.5 Å². The fraction of sp³-hybridized carbons (Fsp3) is 0.548. The third kappa shape index (κ3) is 9.19. The Morgan fingerprint density at radius 3 is 2.43 bits per heavy atom. The molecule has 3 unspecified atom stereocenters. The average Bonchev–Trinajstić information content (AvgIpc) is 3.69. The van der Waals surface area contributed by atoms with Crippen LogP contribution < -0.4 is 20.1 Å². The van der Waals surface area contributed by atoms with Crippen LogP contribution in [0.25, 0.3) is 11.1 Å². The van der Waals surface area contributed by atoms with Gasteiger partial charge in [-0.05, 0) is 116 Å². The molecule has 0 saturated carbocycles. The van der Waals surface area contributed by atoms with E-state index in [1.54, 1.807) is 0 Å². The molecule has 266 valence electrons. The van der Waals surface area contributed by atoms with E-state index in [4.69, 9.17) is 21.1 Å². The van der Waals surface area contributed by atoms with Crippen LogP contribution in [0.2, 0.25) is 5.02 Å². The first kappa shape index (κ1) is 37.2. The lowest BCUT2D eigenvalue weighted by Gasteiger charge is -2.45. The Balaban J connectivity index is 0.00000151. The van der Waals surface area contributed by atoms with E-state index in [0.717, 1.165) is 76.3 Å². The standard InChI is InChI=1S/C39H50ClN3O3.C3H8/c1-5-9-28-22-38(35(40)21-29(28)23-41-24-30-14-17-39(44)42-30)46-37-16-15-33-32(11-6-12-34(33)37)31-10-7-13-36(27(31)4)45-19-8-18-43-25(2)20-26(43)3;1-3-2/h6-7,10-13,21-22,25-26,30,37,41H,5,8-9,14-20,23-24H2,1-4H3,(H,42,44);3H2,1-2H3/t25?,26?,30?,37-;/m0./s1. The van der Waals surface area contributed by atoms with Gasteiger partial charge in [0.2, 0.25) is 5.91 Å². The maximum absolute atomic E-state index is 11.6. The summed E-state index contributed by atoms with van der Waals surface area (Å²) in [6, 6.07) is 18.9. The second kappa shape index (κ2) is 17.7. The van der Waals surface area contributed by atoms with Gasteiger partial charge < -0.3 is 20.1 Å². The van der Waals surface area contributed by atoms with Crippen molar-refractivity contribution in [2.45, 2.75) is 130 Å². The van der Waals surface area contributed by atoms with Crippen molar-refractivity contribution in [1.82, 2.24) is 15.5 Å². The molecule has 3 aromatic carbocycles. The molecule has 2 heterocycles. The van der Waals surface area contributed by atoms with E-state index in [1.807, 2.05) is 0 Å². The number of nitrogens with zero attached hydrogens (tertiary/aromatic N) is 1. The number of fused-ring (bicyclic) bond motifs is 1. The van der Waals surface area contributed by atoms with Crippen molar-refractivity contribution in [2.75, 3.05) is 19.7 Å². The maximum atomic E-state index is 11.6. The molecule has 2 aliphatic heterocycles. The van der Waals surface area contributed by atoms with E-state index in [-0.39, 0.29) is 18.1 Å². The van der Waals surface area contributed by atoms with Gasteiger partial charge in [-0.25, -0.2) is 0 Å². The van der Waals surface area contributed by atoms with Crippen molar-refractivity contribution in [3.63, 3.8) is 0 Å². The van der Waals surface area contributed by atoms with Crippen LogP contribution in [0, 0.1) is 6.92 Å². The Morgan fingerprint density at radius 2 is 1.71 bits per heavy atom. The topological polar surface area (TPSA) is 62.8 Å². The molecular weight excluding hydrogens is 630 g/mol. The molecule has 0 spiro atoms. The summed E-state index contributed by atoms with van der Waals surface area (Å²) in [5.41, 5.74) is 8.76. The van der Waals surface area contributed by atoms with Crippen LogP contribution in [0.1, 0.15) is 113 Å². The number of nitrogens with one attached hydrogen (secondary N) is 2. The Morgan fingerprint density at radius 1 is 0.959 bits per heavy atom. The first-order valence-corrected chi connectivity index (χ1v) is 19.2. The normalized spacial score (nSPS) is 21.4. The highest BCUT2D eigenvalue weighted by Gasteiger charge is 2.31. The van der Waals surface area contributed by atoms with Crippen LogP contribution in [0.15, 0.2) is 48.5 Å². The lowest BCUT2D eigenvalue weighted by atomic mass is 9.93. The predicted molar refractivity (Wildman–Crippen MR) is 203 cm³/mol. The number of ether oxygens (including phenoxy) is 2. The summed E-state index contributed by atoms with van der Waals surface area (Å²) in [5, 5.41) is 7.21. The van der Waals surface area contributed by atoms with Gasteiger partial charge in [-0.3, -0.25) is 9.69 Å².